The van der Waals surface area contributed by atoms with Crippen molar-refractivity contribution in [3.8, 4) is 0 Å². The summed E-state index contributed by atoms with van der Waals surface area (Å²) in [6, 6.07) is 4.10. The Labute approximate surface area is 117 Å². The Balaban J connectivity index is 1.89. The molecule has 1 aliphatic heterocycles. The molecule has 0 spiro atoms. The second-order valence-electron chi connectivity index (χ2n) is 4.85. The fourth-order valence-corrected chi connectivity index (χ4v) is 3.60. The van der Waals surface area contributed by atoms with Crippen LogP contribution in [-0.4, -0.2) is 40.0 Å². The standard InChI is InChI=1S/C13H20ClNO2S/c1-16-7-5-15-9-13(4-6-17-10-13)8-11-2-3-12(14)18-11/h2-3,15H,4-10H2,1H3. The molecule has 1 atom stereocenters. The number of nitrogens with one attached hydrogen (secondary N) is 1. The van der Waals surface area contributed by atoms with Gasteiger partial charge in [0.2, 0.25) is 0 Å². The number of hydrogen-bond acceptors (Lipinski definition) is 4. The molecule has 2 rings (SSSR count). The summed E-state index contributed by atoms with van der Waals surface area (Å²) < 4.78 is 11.5. The molecule has 102 valence electrons. The van der Waals surface area contributed by atoms with Gasteiger partial charge >= 0.3 is 0 Å². The van der Waals surface area contributed by atoms with Gasteiger partial charge in [-0.1, -0.05) is 11.6 Å². The van der Waals surface area contributed by atoms with E-state index in [1.54, 1.807) is 18.4 Å². The molecule has 1 aliphatic rings. The van der Waals surface area contributed by atoms with Crippen LogP contribution in [0.5, 0.6) is 0 Å². The summed E-state index contributed by atoms with van der Waals surface area (Å²) >= 11 is 7.67. The minimum atomic E-state index is 0.224. The van der Waals surface area contributed by atoms with E-state index >= 15 is 0 Å². The van der Waals surface area contributed by atoms with Gasteiger partial charge in [-0.3, -0.25) is 0 Å². The summed E-state index contributed by atoms with van der Waals surface area (Å²) in [7, 11) is 1.73. The van der Waals surface area contributed by atoms with Gasteiger partial charge in [0.1, 0.15) is 0 Å². The van der Waals surface area contributed by atoms with Crippen molar-refractivity contribution in [2.45, 2.75) is 12.8 Å². The summed E-state index contributed by atoms with van der Waals surface area (Å²) in [6.07, 6.45) is 2.16. The first-order valence-corrected chi connectivity index (χ1v) is 7.45. The monoisotopic (exact) mass is 289 g/mol. The molecule has 0 radical (unpaired) electrons. The third-order valence-electron chi connectivity index (χ3n) is 3.35. The van der Waals surface area contributed by atoms with E-state index in [2.05, 4.69) is 11.4 Å². The van der Waals surface area contributed by atoms with Gasteiger partial charge in [-0.25, -0.2) is 0 Å². The van der Waals surface area contributed by atoms with E-state index in [9.17, 15) is 0 Å². The van der Waals surface area contributed by atoms with E-state index in [-0.39, 0.29) is 5.41 Å². The average molecular weight is 290 g/mol. The molecule has 1 aromatic rings. The molecule has 1 unspecified atom stereocenters. The lowest BCUT2D eigenvalue weighted by Gasteiger charge is -2.27. The maximum absolute atomic E-state index is 5.99. The highest BCUT2D eigenvalue weighted by Gasteiger charge is 2.35. The average Bonchev–Trinajstić information content (AvgIpc) is 2.96. The van der Waals surface area contributed by atoms with Crippen LogP contribution in [0, 0.1) is 5.41 Å². The third kappa shape index (κ3) is 3.93. The molecule has 1 saturated heterocycles. The van der Waals surface area contributed by atoms with Crippen LogP contribution in [0.15, 0.2) is 12.1 Å². The Bertz CT molecular complexity index is 364. The Morgan fingerprint density at radius 1 is 1.56 bits per heavy atom. The molecule has 1 aromatic heterocycles. The van der Waals surface area contributed by atoms with E-state index in [0.717, 1.165) is 50.1 Å². The SMILES string of the molecule is COCCNCC1(Cc2ccc(Cl)s2)CCOC1. The molecule has 18 heavy (non-hydrogen) atoms. The molecule has 0 aliphatic carbocycles. The van der Waals surface area contributed by atoms with Crippen molar-refractivity contribution in [2.24, 2.45) is 5.41 Å². The van der Waals surface area contributed by atoms with Gasteiger partial charge < -0.3 is 14.8 Å². The van der Waals surface area contributed by atoms with Crippen molar-refractivity contribution in [3.05, 3.63) is 21.3 Å². The van der Waals surface area contributed by atoms with E-state index in [0.29, 0.717) is 0 Å². The highest BCUT2D eigenvalue weighted by Crippen LogP contribution is 2.35. The van der Waals surface area contributed by atoms with Gasteiger partial charge in [0, 0.05) is 37.1 Å². The maximum atomic E-state index is 5.99. The molecule has 0 aromatic carbocycles. The minimum absolute atomic E-state index is 0.224. The van der Waals surface area contributed by atoms with Crippen molar-refractivity contribution >= 4 is 22.9 Å². The predicted molar refractivity (Wildman–Crippen MR) is 75.6 cm³/mol. The van der Waals surface area contributed by atoms with Crippen LogP contribution in [0.25, 0.3) is 0 Å². The van der Waals surface area contributed by atoms with Crippen molar-refractivity contribution in [1.29, 1.82) is 0 Å². The molecule has 0 bridgehead atoms. The van der Waals surface area contributed by atoms with Crippen molar-refractivity contribution in [1.82, 2.24) is 5.32 Å². The fraction of sp³-hybridized carbons (Fsp3) is 0.692. The molecule has 1 N–H and O–H groups in total. The van der Waals surface area contributed by atoms with Gasteiger partial charge in [-0.05, 0) is 25.0 Å². The summed E-state index contributed by atoms with van der Waals surface area (Å²) in [6.45, 7) is 4.32. The largest absolute Gasteiger partial charge is 0.383 e. The van der Waals surface area contributed by atoms with Crippen molar-refractivity contribution in [3.63, 3.8) is 0 Å². The number of rotatable bonds is 7. The Kier molecular flexibility index (Phi) is 5.45. The number of halogens is 1. The number of hydrogen-bond donors (Lipinski definition) is 1. The van der Waals surface area contributed by atoms with Crippen LogP contribution >= 0.6 is 22.9 Å². The molecular formula is C13H20ClNO2S. The normalized spacial score (nSPS) is 23.7. The second kappa shape index (κ2) is 6.87. The molecule has 3 nitrogen and oxygen atoms in total. The zero-order chi connectivity index (χ0) is 12.8. The molecular weight excluding hydrogens is 270 g/mol. The Morgan fingerprint density at radius 3 is 3.06 bits per heavy atom. The Morgan fingerprint density at radius 2 is 2.44 bits per heavy atom. The van der Waals surface area contributed by atoms with Gasteiger partial charge in [-0.15, -0.1) is 11.3 Å². The maximum Gasteiger partial charge on any atom is 0.0931 e. The highest BCUT2D eigenvalue weighted by atomic mass is 35.5. The number of thiophene rings is 1. The molecule has 5 heteroatoms. The van der Waals surface area contributed by atoms with Crippen LogP contribution < -0.4 is 5.32 Å². The summed E-state index contributed by atoms with van der Waals surface area (Å²) in [5, 5.41) is 3.46. The van der Waals surface area contributed by atoms with Crippen LogP contribution in [0.1, 0.15) is 11.3 Å². The summed E-state index contributed by atoms with van der Waals surface area (Å²) in [5.41, 5.74) is 0.224. The van der Waals surface area contributed by atoms with Crippen molar-refractivity contribution in [2.75, 3.05) is 40.0 Å². The number of methoxy groups -OCH3 is 1. The lowest BCUT2D eigenvalue weighted by molar-refractivity contribution is 0.145. The van der Waals surface area contributed by atoms with Gasteiger partial charge in [-0.2, -0.15) is 0 Å². The van der Waals surface area contributed by atoms with Crippen LogP contribution in [0.2, 0.25) is 4.34 Å². The second-order valence-corrected chi connectivity index (χ2v) is 6.65. The first-order valence-electron chi connectivity index (χ1n) is 6.26. The lowest BCUT2D eigenvalue weighted by atomic mass is 9.83. The van der Waals surface area contributed by atoms with Gasteiger partial charge in [0.15, 0.2) is 0 Å². The van der Waals surface area contributed by atoms with Crippen LogP contribution in [-0.2, 0) is 15.9 Å². The topological polar surface area (TPSA) is 30.5 Å². The quantitative estimate of drug-likeness (QED) is 0.783. The Hall–Kier alpha value is -0.130. The first-order chi connectivity index (χ1) is 8.74. The van der Waals surface area contributed by atoms with E-state index in [4.69, 9.17) is 21.1 Å². The highest BCUT2D eigenvalue weighted by molar-refractivity contribution is 7.16. The van der Waals surface area contributed by atoms with E-state index in [1.165, 1.54) is 4.88 Å². The van der Waals surface area contributed by atoms with E-state index < -0.39 is 0 Å². The van der Waals surface area contributed by atoms with E-state index in [1.807, 2.05) is 6.07 Å². The summed E-state index contributed by atoms with van der Waals surface area (Å²) in [5.74, 6) is 0. The van der Waals surface area contributed by atoms with Crippen LogP contribution in [0.4, 0.5) is 0 Å². The van der Waals surface area contributed by atoms with Gasteiger partial charge in [0.25, 0.3) is 0 Å². The first kappa shape index (κ1) is 14.3. The zero-order valence-corrected chi connectivity index (χ0v) is 12.3. The fourth-order valence-electron chi connectivity index (χ4n) is 2.33. The zero-order valence-electron chi connectivity index (χ0n) is 10.7. The lowest BCUT2D eigenvalue weighted by Crippen LogP contribution is -2.37. The van der Waals surface area contributed by atoms with Gasteiger partial charge in [0.05, 0.1) is 17.6 Å². The summed E-state index contributed by atoms with van der Waals surface area (Å²) in [4.78, 5) is 1.35. The smallest absolute Gasteiger partial charge is 0.0931 e. The van der Waals surface area contributed by atoms with Crippen LogP contribution in [0.3, 0.4) is 0 Å². The van der Waals surface area contributed by atoms with Crippen molar-refractivity contribution < 1.29 is 9.47 Å². The minimum Gasteiger partial charge on any atom is -0.383 e. The molecule has 0 amide bonds. The third-order valence-corrected chi connectivity index (χ3v) is 4.58. The predicted octanol–water partition coefficient (Wildman–Crippen LogP) is 2.59. The number of ether oxygens (including phenoxy) is 2. The molecule has 1 fully saturated rings. The molecule has 0 saturated carbocycles. The molecule has 2 heterocycles.